The highest BCUT2D eigenvalue weighted by Crippen LogP contribution is 2.27. The Kier molecular flexibility index (Phi) is 6.14. The van der Waals surface area contributed by atoms with Gasteiger partial charge in [0.05, 0.1) is 11.0 Å². The first-order chi connectivity index (χ1) is 10.9. The van der Waals surface area contributed by atoms with Gasteiger partial charge in [0, 0.05) is 42.2 Å². The molecule has 2 aromatic rings. The van der Waals surface area contributed by atoms with Crippen LogP contribution in [0.5, 0.6) is 0 Å². The highest BCUT2D eigenvalue weighted by atomic mass is 35.5. The summed E-state index contributed by atoms with van der Waals surface area (Å²) in [6.45, 7) is 9.33. The molecule has 1 unspecified atom stereocenters. The Morgan fingerprint density at radius 3 is 2.83 bits per heavy atom. The van der Waals surface area contributed by atoms with Gasteiger partial charge in [-0.2, -0.15) is 4.98 Å². The van der Waals surface area contributed by atoms with Crippen LogP contribution in [0.4, 0.5) is 0 Å². The average molecular weight is 370 g/mol. The van der Waals surface area contributed by atoms with Gasteiger partial charge in [0.25, 0.3) is 5.89 Å². The van der Waals surface area contributed by atoms with E-state index < -0.39 is 0 Å². The van der Waals surface area contributed by atoms with Gasteiger partial charge < -0.3 is 9.84 Å². The lowest BCUT2D eigenvalue weighted by molar-refractivity contribution is 0.190. The van der Waals surface area contributed by atoms with Crippen molar-refractivity contribution in [2.24, 2.45) is 0 Å². The second kappa shape index (κ2) is 7.74. The molecule has 0 amide bonds. The summed E-state index contributed by atoms with van der Waals surface area (Å²) in [5.41, 5.74) is 0.0764. The van der Waals surface area contributed by atoms with Gasteiger partial charge in [-0.3, -0.25) is 4.90 Å². The van der Waals surface area contributed by atoms with Crippen molar-refractivity contribution in [3.8, 4) is 0 Å². The predicted octanol–water partition coefficient (Wildman–Crippen LogP) is 2.99. The molecule has 1 N–H and O–H groups in total. The van der Waals surface area contributed by atoms with Gasteiger partial charge in [-0.05, 0) is 13.1 Å². The molecular formula is C16H24ClN5OS. The molecule has 1 saturated heterocycles. The first-order valence-electron chi connectivity index (χ1n) is 7.82. The zero-order valence-corrected chi connectivity index (χ0v) is 16.1. The molecule has 0 radical (unpaired) electrons. The lowest BCUT2D eigenvalue weighted by Crippen LogP contribution is -2.44. The van der Waals surface area contributed by atoms with Crippen molar-refractivity contribution in [2.75, 3.05) is 26.7 Å². The van der Waals surface area contributed by atoms with Gasteiger partial charge in [-0.1, -0.05) is 25.9 Å². The molecule has 1 atom stereocenters. The van der Waals surface area contributed by atoms with Crippen molar-refractivity contribution in [3.63, 3.8) is 0 Å². The Morgan fingerprint density at radius 2 is 2.17 bits per heavy atom. The van der Waals surface area contributed by atoms with E-state index in [0.717, 1.165) is 35.3 Å². The minimum Gasteiger partial charge on any atom is -0.335 e. The van der Waals surface area contributed by atoms with E-state index in [0.29, 0.717) is 5.89 Å². The van der Waals surface area contributed by atoms with Crippen LogP contribution in [-0.4, -0.2) is 46.7 Å². The number of hydrogen-bond acceptors (Lipinski definition) is 7. The number of nitrogens with one attached hydrogen (secondary N) is 1. The topological polar surface area (TPSA) is 67.1 Å². The molecule has 24 heavy (non-hydrogen) atoms. The Balaban J connectivity index is 0.00000208. The van der Waals surface area contributed by atoms with E-state index in [9.17, 15) is 0 Å². The number of rotatable bonds is 3. The quantitative estimate of drug-likeness (QED) is 0.897. The molecule has 0 aliphatic carbocycles. The second-order valence-electron chi connectivity index (χ2n) is 6.84. The van der Waals surface area contributed by atoms with Gasteiger partial charge in [-0.15, -0.1) is 23.7 Å². The Bertz CT molecular complexity index is 691. The molecule has 1 aliphatic rings. The van der Waals surface area contributed by atoms with Crippen molar-refractivity contribution in [1.29, 1.82) is 0 Å². The van der Waals surface area contributed by atoms with Crippen LogP contribution in [0.3, 0.4) is 0 Å². The average Bonchev–Trinajstić information content (AvgIpc) is 3.14. The van der Waals surface area contributed by atoms with Crippen molar-refractivity contribution in [2.45, 2.75) is 32.2 Å². The highest BCUT2D eigenvalue weighted by Gasteiger charge is 2.24. The van der Waals surface area contributed by atoms with Gasteiger partial charge in [0.1, 0.15) is 0 Å². The van der Waals surface area contributed by atoms with E-state index in [4.69, 9.17) is 4.52 Å². The Labute approximate surface area is 152 Å². The summed E-state index contributed by atoms with van der Waals surface area (Å²) >= 11 is 1.69. The van der Waals surface area contributed by atoms with E-state index in [2.05, 4.69) is 53.2 Å². The zero-order chi connectivity index (χ0) is 16.4. The highest BCUT2D eigenvalue weighted by molar-refractivity contribution is 7.12. The fourth-order valence-electron chi connectivity index (χ4n) is 2.41. The predicted molar refractivity (Wildman–Crippen MR) is 99.5 cm³/mol. The maximum Gasteiger partial charge on any atom is 0.250 e. The van der Waals surface area contributed by atoms with E-state index in [1.165, 1.54) is 0 Å². The molecular weight excluding hydrogens is 346 g/mol. The first kappa shape index (κ1) is 19.1. The summed E-state index contributed by atoms with van der Waals surface area (Å²) in [6, 6.07) is 0.172. The van der Waals surface area contributed by atoms with E-state index >= 15 is 0 Å². The number of aromatic nitrogens is 3. The molecule has 0 saturated carbocycles. The van der Waals surface area contributed by atoms with Gasteiger partial charge in [-0.25, -0.2) is 4.98 Å². The molecule has 132 valence electrons. The molecule has 0 spiro atoms. The second-order valence-corrected chi connectivity index (χ2v) is 7.90. The third-order valence-corrected chi connectivity index (χ3v) is 5.21. The third kappa shape index (κ3) is 4.42. The molecule has 0 aromatic carbocycles. The largest absolute Gasteiger partial charge is 0.335 e. The summed E-state index contributed by atoms with van der Waals surface area (Å²) in [6.07, 6.45) is 5.72. The lowest BCUT2D eigenvalue weighted by Gasteiger charge is -2.30. The van der Waals surface area contributed by atoms with Gasteiger partial charge in [0.2, 0.25) is 0 Å². The van der Waals surface area contributed by atoms with Crippen LogP contribution in [0.1, 0.15) is 48.4 Å². The third-order valence-electron chi connectivity index (χ3n) is 3.82. The molecule has 3 rings (SSSR count). The summed E-state index contributed by atoms with van der Waals surface area (Å²) in [7, 11) is 2.09. The maximum atomic E-state index is 5.34. The van der Waals surface area contributed by atoms with Crippen molar-refractivity contribution in [3.05, 3.63) is 27.8 Å². The number of hydrogen-bond donors (Lipinski definition) is 1. The summed E-state index contributed by atoms with van der Waals surface area (Å²) in [4.78, 5) is 12.3. The first-order valence-corrected chi connectivity index (χ1v) is 8.64. The smallest absolute Gasteiger partial charge is 0.250 e. The summed E-state index contributed by atoms with van der Waals surface area (Å²) in [5.74, 6) is 1.27. The summed E-state index contributed by atoms with van der Waals surface area (Å²) < 4.78 is 5.34. The fourth-order valence-corrected chi connectivity index (χ4v) is 3.28. The van der Waals surface area contributed by atoms with E-state index in [-0.39, 0.29) is 23.9 Å². The van der Waals surface area contributed by atoms with E-state index in [1.54, 1.807) is 11.3 Å². The standard InChI is InChI=1S/C16H23N5OS.ClH/c1-16(2,3)15-18-9-11(23-15)5-6-13-19-14(20-22-13)12-10-17-7-8-21(12)4;/h5-6,9,12,17H,7-8,10H2,1-4H3;1H/b6-5+;. The minimum atomic E-state index is 0. The normalized spacial score (nSPS) is 19.6. The Hall–Kier alpha value is -1.28. The van der Waals surface area contributed by atoms with Gasteiger partial charge >= 0.3 is 0 Å². The van der Waals surface area contributed by atoms with Crippen LogP contribution in [0.2, 0.25) is 0 Å². The zero-order valence-electron chi connectivity index (χ0n) is 14.4. The van der Waals surface area contributed by atoms with Crippen LogP contribution in [0.15, 0.2) is 10.7 Å². The number of piperazine rings is 1. The van der Waals surface area contributed by atoms with Crippen molar-refractivity contribution in [1.82, 2.24) is 25.3 Å². The maximum absolute atomic E-state index is 5.34. The molecule has 8 heteroatoms. The Morgan fingerprint density at radius 1 is 1.38 bits per heavy atom. The molecule has 2 aromatic heterocycles. The van der Waals surface area contributed by atoms with Crippen LogP contribution in [-0.2, 0) is 5.41 Å². The van der Waals surface area contributed by atoms with Crippen LogP contribution < -0.4 is 5.32 Å². The number of halogens is 1. The summed E-state index contributed by atoms with van der Waals surface area (Å²) in [5, 5.41) is 8.60. The fraction of sp³-hybridized carbons (Fsp3) is 0.562. The molecule has 1 fully saturated rings. The molecule has 1 aliphatic heterocycles. The van der Waals surface area contributed by atoms with Crippen LogP contribution in [0.25, 0.3) is 12.2 Å². The van der Waals surface area contributed by atoms with Crippen LogP contribution in [0, 0.1) is 0 Å². The lowest BCUT2D eigenvalue weighted by atomic mass is 9.98. The van der Waals surface area contributed by atoms with Gasteiger partial charge in [0.15, 0.2) is 5.82 Å². The van der Waals surface area contributed by atoms with Crippen molar-refractivity contribution < 1.29 is 4.52 Å². The SMILES string of the molecule is CN1CCNCC1c1noc(/C=C/c2cnc(C(C)(C)C)s2)n1.Cl. The molecule has 0 bridgehead atoms. The number of thiazole rings is 1. The number of nitrogens with zero attached hydrogens (tertiary/aromatic N) is 4. The molecule has 3 heterocycles. The molecule has 6 nitrogen and oxygen atoms in total. The van der Waals surface area contributed by atoms with Crippen molar-refractivity contribution >= 4 is 35.9 Å². The van der Waals surface area contributed by atoms with Crippen LogP contribution >= 0.6 is 23.7 Å². The number of likely N-dealkylation sites (N-methyl/N-ethyl adjacent to an activating group) is 1. The minimum absolute atomic E-state index is 0. The monoisotopic (exact) mass is 369 g/mol. The van der Waals surface area contributed by atoms with E-state index in [1.807, 2.05) is 18.3 Å².